The van der Waals surface area contributed by atoms with Crippen LogP contribution in [0, 0.1) is 11.7 Å². The van der Waals surface area contributed by atoms with Gasteiger partial charge in [0.1, 0.15) is 11.5 Å². The lowest BCUT2D eigenvalue weighted by molar-refractivity contribution is 0.113. The van der Waals surface area contributed by atoms with Crippen LogP contribution in [0.4, 0.5) is 8.78 Å². The van der Waals surface area contributed by atoms with Gasteiger partial charge in [0, 0.05) is 18.9 Å². The fraction of sp³-hybridized carbons (Fsp3) is 0.538. The second-order valence-corrected chi connectivity index (χ2v) is 4.77. The highest BCUT2D eigenvalue weighted by molar-refractivity contribution is 5.18. The minimum Gasteiger partial charge on any atom is -0.316 e. The van der Waals surface area contributed by atoms with Gasteiger partial charge in [-0.1, -0.05) is 12.1 Å². The van der Waals surface area contributed by atoms with E-state index in [4.69, 9.17) is 0 Å². The lowest BCUT2D eigenvalue weighted by Gasteiger charge is -2.26. The smallest absolute Gasteiger partial charge is 0.123 e. The van der Waals surface area contributed by atoms with E-state index in [1.54, 1.807) is 19.1 Å². The molecule has 0 spiro atoms. The van der Waals surface area contributed by atoms with Crippen LogP contribution in [0.2, 0.25) is 0 Å². The molecule has 1 aromatic rings. The standard InChI is InChI=1S/C13H17F2N/c1-13(15,11-6-7-16-9-11)8-10-2-4-12(14)5-3-10/h2-5,11,16H,6-9H2,1H3. The van der Waals surface area contributed by atoms with Gasteiger partial charge in [-0.2, -0.15) is 0 Å². The number of benzene rings is 1. The normalized spacial score (nSPS) is 24.3. The molecule has 2 rings (SSSR count). The predicted molar refractivity (Wildman–Crippen MR) is 60.6 cm³/mol. The quantitative estimate of drug-likeness (QED) is 0.834. The van der Waals surface area contributed by atoms with Crippen LogP contribution in [0.5, 0.6) is 0 Å². The summed E-state index contributed by atoms with van der Waals surface area (Å²) in [5.74, 6) is -0.204. The number of halogens is 2. The highest BCUT2D eigenvalue weighted by atomic mass is 19.1. The van der Waals surface area contributed by atoms with Gasteiger partial charge in [-0.15, -0.1) is 0 Å². The first-order chi connectivity index (χ1) is 7.58. The second kappa shape index (κ2) is 4.50. The fourth-order valence-corrected chi connectivity index (χ4v) is 2.31. The molecular weight excluding hydrogens is 208 g/mol. The van der Waals surface area contributed by atoms with Gasteiger partial charge in [0.05, 0.1) is 0 Å². The van der Waals surface area contributed by atoms with Gasteiger partial charge in [0.25, 0.3) is 0 Å². The van der Waals surface area contributed by atoms with E-state index in [9.17, 15) is 8.78 Å². The number of nitrogens with one attached hydrogen (secondary N) is 1. The molecular formula is C13H17F2N. The number of rotatable bonds is 3. The molecule has 88 valence electrons. The van der Waals surface area contributed by atoms with E-state index in [1.165, 1.54) is 12.1 Å². The summed E-state index contributed by atoms with van der Waals surface area (Å²) in [6, 6.07) is 6.10. The molecule has 0 saturated carbocycles. The Kier molecular flexibility index (Phi) is 3.24. The van der Waals surface area contributed by atoms with Crippen molar-refractivity contribution in [3.63, 3.8) is 0 Å². The summed E-state index contributed by atoms with van der Waals surface area (Å²) < 4.78 is 27.2. The molecule has 0 aliphatic carbocycles. The van der Waals surface area contributed by atoms with Gasteiger partial charge in [0.15, 0.2) is 0 Å². The summed E-state index contributed by atoms with van der Waals surface area (Å²) in [6.45, 7) is 3.29. The van der Waals surface area contributed by atoms with Gasteiger partial charge in [-0.3, -0.25) is 0 Å². The molecule has 1 saturated heterocycles. The topological polar surface area (TPSA) is 12.0 Å². The van der Waals surface area contributed by atoms with Gasteiger partial charge < -0.3 is 5.32 Å². The van der Waals surface area contributed by atoms with Crippen LogP contribution in [-0.4, -0.2) is 18.8 Å². The summed E-state index contributed by atoms with van der Waals surface area (Å²) >= 11 is 0. The summed E-state index contributed by atoms with van der Waals surface area (Å²) in [5.41, 5.74) is -0.347. The first-order valence-corrected chi connectivity index (χ1v) is 5.72. The van der Waals surface area contributed by atoms with E-state index >= 15 is 0 Å². The first-order valence-electron chi connectivity index (χ1n) is 5.72. The minimum absolute atomic E-state index is 0.0672. The highest BCUT2D eigenvalue weighted by Gasteiger charge is 2.36. The molecule has 16 heavy (non-hydrogen) atoms. The molecule has 0 bridgehead atoms. The lowest BCUT2D eigenvalue weighted by Crippen LogP contribution is -2.33. The predicted octanol–water partition coefficient (Wildman–Crippen LogP) is 2.71. The zero-order valence-corrected chi connectivity index (χ0v) is 9.47. The molecule has 1 heterocycles. The Balaban J connectivity index is 2.04. The van der Waals surface area contributed by atoms with Gasteiger partial charge in [-0.05, 0) is 37.6 Å². The summed E-state index contributed by atoms with van der Waals surface area (Å²) in [7, 11) is 0. The zero-order chi connectivity index (χ0) is 11.6. The van der Waals surface area contributed by atoms with E-state index in [2.05, 4.69) is 5.32 Å². The Bertz CT molecular complexity index is 339. The SMILES string of the molecule is CC(F)(Cc1ccc(F)cc1)C1CCNC1. The maximum absolute atomic E-state index is 14.4. The van der Waals surface area contributed by atoms with Gasteiger partial charge in [0.2, 0.25) is 0 Å². The van der Waals surface area contributed by atoms with Crippen molar-refractivity contribution in [2.75, 3.05) is 13.1 Å². The molecule has 1 aromatic carbocycles. The van der Waals surface area contributed by atoms with Crippen molar-refractivity contribution in [1.29, 1.82) is 0 Å². The van der Waals surface area contributed by atoms with Crippen molar-refractivity contribution >= 4 is 0 Å². The number of hydrogen-bond acceptors (Lipinski definition) is 1. The van der Waals surface area contributed by atoms with Crippen LogP contribution in [-0.2, 0) is 6.42 Å². The molecule has 1 N–H and O–H groups in total. The maximum Gasteiger partial charge on any atom is 0.123 e. The molecule has 1 nitrogen and oxygen atoms in total. The van der Waals surface area contributed by atoms with Crippen LogP contribution >= 0.6 is 0 Å². The van der Waals surface area contributed by atoms with Crippen molar-refractivity contribution in [3.8, 4) is 0 Å². The molecule has 1 aliphatic rings. The van der Waals surface area contributed by atoms with Crippen molar-refractivity contribution < 1.29 is 8.78 Å². The highest BCUT2D eigenvalue weighted by Crippen LogP contribution is 2.30. The molecule has 1 aliphatic heterocycles. The monoisotopic (exact) mass is 225 g/mol. The van der Waals surface area contributed by atoms with Crippen LogP contribution in [0.25, 0.3) is 0 Å². The van der Waals surface area contributed by atoms with Crippen LogP contribution in [0.1, 0.15) is 18.9 Å². The summed E-state index contributed by atoms with van der Waals surface area (Å²) in [5, 5.41) is 3.17. The largest absolute Gasteiger partial charge is 0.316 e. The van der Waals surface area contributed by atoms with Gasteiger partial charge >= 0.3 is 0 Å². The van der Waals surface area contributed by atoms with Crippen molar-refractivity contribution in [3.05, 3.63) is 35.6 Å². The first kappa shape index (κ1) is 11.5. The average Bonchev–Trinajstić information content (AvgIpc) is 2.75. The van der Waals surface area contributed by atoms with E-state index in [-0.39, 0.29) is 11.7 Å². The number of hydrogen-bond donors (Lipinski definition) is 1. The Morgan fingerprint density at radius 3 is 2.62 bits per heavy atom. The van der Waals surface area contributed by atoms with Crippen LogP contribution in [0.15, 0.2) is 24.3 Å². The Labute approximate surface area is 94.9 Å². The fourth-order valence-electron chi connectivity index (χ4n) is 2.31. The molecule has 2 unspecified atom stereocenters. The van der Waals surface area contributed by atoms with E-state index in [1.807, 2.05) is 0 Å². The van der Waals surface area contributed by atoms with Gasteiger partial charge in [-0.25, -0.2) is 8.78 Å². The molecule has 1 fully saturated rings. The third kappa shape index (κ3) is 2.59. The Hall–Kier alpha value is -0.960. The summed E-state index contributed by atoms with van der Waals surface area (Å²) in [6.07, 6.45) is 1.24. The molecule has 3 heteroatoms. The summed E-state index contributed by atoms with van der Waals surface area (Å²) in [4.78, 5) is 0. The average molecular weight is 225 g/mol. The maximum atomic E-state index is 14.4. The Morgan fingerprint density at radius 1 is 1.38 bits per heavy atom. The molecule has 2 atom stereocenters. The van der Waals surface area contributed by atoms with Crippen molar-refractivity contribution in [1.82, 2.24) is 5.32 Å². The van der Waals surface area contributed by atoms with E-state index in [0.717, 1.165) is 25.1 Å². The van der Waals surface area contributed by atoms with E-state index < -0.39 is 5.67 Å². The zero-order valence-electron chi connectivity index (χ0n) is 9.47. The molecule has 0 radical (unpaired) electrons. The second-order valence-electron chi connectivity index (χ2n) is 4.77. The minimum atomic E-state index is -1.21. The van der Waals surface area contributed by atoms with Crippen molar-refractivity contribution in [2.24, 2.45) is 5.92 Å². The third-order valence-corrected chi connectivity index (χ3v) is 3.37. The molecule has 0 aromatic heterocycles. The Morgan fingerprint density at radius 2 is 2.06 bits per heavy atom. The van der Waals surface area contributed by atoms with E-state index in [0.29, 0.717) is 6.42 Å². The lowest BCUT2D eigenvalue weighted by atomic mass is 9.85. The molecule has 0 amide bonds. The van der Waals surface area contributed by atoms with Crippen molar-refractivity contribution in [2.45, 2.75) is 25.4 Å². The van der Waals surface area contributed by atoms with Crippen LogP contribution in [0.3, 0.4) is 0 Å². The number of alkyl halides is 1. The van der Waals surface area contributed by atoms with Crippen LogP contribution < -0.4 is 5.32 Å². The third-order valence-electron chi connectivity index (χ3n) is 3.37.